The molecular formula is C12H15FN4S2. The molecule has 0 radical (unpaired) electrons. The fourth-order valence-corrected chi connectivity index (χ4v) is 3.54. The summed E-state index contributed by atoms with van der Waals surface area (Å²) in [5.74, 6) is -0.280. The molecule has 0 saturated carbocycles. The van der Waals surface area contributed by atoms with Crippen LogP contribution in [0.5, 0.6) is 0 Å². The fourth-order valence-electron chi connectivity index (χ4n) is 1.57. The van der Waals surface area contributed by atoms with Crippen molar-refractivity contribution in [2.45, 2.75) is 22.2 Å². The van der Waals surface area contributed by atoms with E-state index in [1.807, 2.05) is 25.1 Å². The van der Waals surface area contributed by atoms with Gasteiger partial charge in [-0.25, -0.2) is 4.39 Å². The van der Waals surface area contributed by atoms with Crippen molar-refractivity contribution in [1.29, 1.82) is 0 Å². The summed E-state index contributed by atoms with van der Waals surface area (Å²) >= 11 is 2.86. The Labute approximate surface area is 119 Å². The molecule has 4 nitrogen and oxygen atoms in total. The lowest BCUT2D eigenvalue weighted by Gasteiger charge is -2.11. The van der Waals surface area contributed by atoms with Crippen LogP contribution >= 0.6 is 23.1 Å². The van der Waals surface area contributed by atoms with Crippen LogP contribution in [0.2, 0.25) is 0 Å². The Bertz CT molecular complexity index is 569. The molecule has 0 bridgehead atoms. The number of halogens is 1. The zero-order chi connectivity index (χ0) is 14.0. The maximum absolute atomic E-state index is 13.8. The van der Waals surface area contributed by atoms with Gasteiger partial charge < -0.3 is 10.6 Å². The highest BCUT2D eigenvalue weighted by Gasteiger charge is 2.15. The van der Waals surface area contributed by atoms with Crippen LogP contribution in [0.1, 0.15) is 18.5 Å². The molecule has 0 aliphatic rings. The second-order valence-corrected chi connectivity index (χ2v) is 6.53. The molecule has 1 unspecified atom stereocenters. The first-order valence-corrected chi connectivity index (χ1v) is 7.35. The molecular weight excluding hydrogens is 283 g/mol. The van der Waals surface area contributed by atoms with E-state index < -0.39 is 0 Å². The molecule has 0 aliphatic heterocycles. The van der Waals surface area contributed by atoms with Gasteiger partial charge in [0.15, 0.2) is 4.34 Å². The van der Waals surface area contributed by atoms with Crippen LogP contribution in [-0.4, -0.2) is 24.3 Å². The minimum atomic E-state index is -0.357. The molecule has 2 rings (SSSR count). The van der Waals surface area contributed by atoms with E-state index in [1.165, 1.54) is 29.2 Å². The summed E-state index contributed by atoms with van der Waals surface area (Å²) in [4.78, 5) is 2.68. The Morgan fingerprint density at radius 1 is 1.37 bits per heavy atom. The Hall–Kier alpha value is -1.18. The van der Waals surface area contributed by atoms with Gasteiger partial charge in [0.05, 0.1) is 0 Å². The second-order valence-electron chi connectivity index (χ2n) is 4.29. The maximum atomic E-state index is 13.8. The highest BCUT2D eigenvalue weighted by molar-refractivity contribution is 8.01. The third-order valence-electron chi connectivity index (χ3n) is 2.44. The first-order chi connectivity index (χ1) is 8.99. The molecule has 1 aromatic heterocycles. The predicted octanol–water partition coefficient (Wildman–Crippen LogP) is 2.91. The van der Waals surface area contributed by atoms with Crippen molar-refractivity contribution in [3.63, 3.8) is 0 Å². The molecule has 0 amide bonds. The smallest absolute Gasteiger partial charge is 0.208 e. The monoisotopic (exact) mass is 298 g/mol. The second kappa shape index (κ2) is 5.85. The number of benzene rings is 1. The van der Waals surface area contributed by atoms with E-state index in [-0.39, 0.29) is 11.9 Å². The third-order valence-corrected chi connectivity index (χ3v) is 4.66. The van der Waals surface area contributed by atoms with Gasteiger partial charge in [0.25, 0.3) is 0 Å². The maximum Gasteiger partial charge on any atom is 0.208 e. The largest absolute Gasteiger partial charge is 0.353 e. The minimum absolute atomic E-state index is 0.280. The Morgan fingerprint density at radius 2 is 2.11 bits per heavy atom. The van der Waals surface area contributed by atoms with Gasteiger partial charge in [-0.2, -0.15) is 0 Å². The molecule has 0 fully saturated rings. The molecule has 1 heterocycles. The molecule has 0 saturated heterocycles. The zero-order valence-electron chi connectivity index (χ0n) is 10.9. The number of nitrogens with two attached hydrogens (primary N) is 1. The van der Waals surface area contributed by atoms with Crippen molar-refractivity contribution in [3.8, 4) is 0 Å². The van der Waals surface area contributed by atoms with E-state index >= 15 is 0 Å². The molecule has 7 heteroatoms. The molecule has 2 N–H and O–H groups in total. The summed E-state index contributed by atoms with van der Waals surface area (Å²) in [6.07, 6.45) is 0. The number of anilines is 1. The van der Waals surface area contributed by atoms with Gasteiger partial charge in [-0.05, 0) is 19.1 Å². The first-order valence-electron chi connectivity index (χ1n) is 5.71. The fraction of sp³-hybridized carbons (Fsp3) is 0.333. The van der Waals surface area contributed by atoms with Crippen LogP contribution in [-0.2, 0) is 0 Å². The number of rotatable bonds is 4. The summed E-state index contributed by atoms with van der Waals surface area (Å²) in [7, 11) is 3.81. The molecule has 1 atom stereocenters. The van der Waals surface area contributed by atoms with Crippen molar-refractivity contribution in [3.05, 3.63) is 29.6 Å². The number of hydrogen-bond donors (Lipinski definition) is 1. The standard InChI is InChI=1S/C12H15FN4S2/c1-7(14)10-8(13)5-4-6-9(10)18-12-16-15-11(19-12)17(2)3/h4-7H,14H2,1-3H3. The first kappa shape index (κ1) is 14.2. The van der Waals surface area contributed by atoms with Gasteiger partial charge in [-0.1, -0.05) is 29.2 Å². The summed E-state index contributed by atoms with van der Waals surface area (Å²) in [5, 5.41) is 8.97. The highest BCUT2D eigenvalue weighted by atomic mass is 32.2. The summed E-state index contributed by atoms with van der Waals surface area (Å²) in [6.45, 7) is 1.77. The van der Waals surface area contributed by atoms with Gasteiger partial charge in [-0.3, -0.25) is 0 Å². The summed E-state index contributed by atoms with van der Waals surface area (Å²) < 4.78 is 14.6. The molecule has 1 aromatic carbocycles. The van der Waals surface area contributed by atoms with E-state index in [0.717, 1.165) is 14.4 Å². The highest BCUT2D eigenvalue weighted by Crippen LogP contribution is 2.36. The van der Waals surface area contributed by atoms with E-state index in [9.17, 15) is 4.39 Å². The van der Waals surface area contributed by atoms with Gasteiger partial charge in [0, 0.05) is 30.6 Å². The lowest BCUT2D eigenvalue weighted by atomic mass is 10.1. The van der Waals surface area contributed by atoms with Crippen LogP contribution in [0.4, 0.5) is 9.52 Å². The number of nitrogens with zero attached hydrogens (tertiary/aromatic N) is 3. The molecule has 102 valence electrons. The van der Waals surface area contributed by atoms with E-state index in [1.54, 1.807) is 13.0 Å². The minimum Gasteiger partial charge on any atom is -0.353 e. The predicted molar refractivity (Wildman–Crippen MR) is 77.4 cm³/mol. The van der Waals surface area contributed by atoms with Crippen molar-refractivity contribution in [2.24, 2.45) is 5.73 Å². The van der Waals surface area contributed by atoms with Crippen LogP contribution in [0.15, 0.2) is 27.4 Å². The van der Waals surface area contributed by atoms with Crippen LogP contribution in [0.3, 0.4) is 0 Å². The summed E-state index contributed by atoms with van der Waals surface area (Å²) in [5.41, 5.74) is 6.35. The quantitative estimate of drug-likeness (QED) is 0.940. The van der Waals surface area contributed by atoms with Crippen LogP contribution < -0.4 is 10.6 Å². The average Bonchev–Trinajstić information content (AvgIpc) is 2.77. The zero-order valence-corrected chi connectivity index (χ0v) is 12.6. The third kappa shape index (κ3) is 3.23. The van der Waals surface area contributed by atoms with Crippen LogP contribution in [0, 0.1) is 5.82 Å². The van der Waals surface area contributed by atoms with Gasteiger partial charge in [0.1, 0.15) is 5.82 Å². The molecule has 0 spiro atoms. The lowest BCUT2D eigenvalue weighted by Crippen LogP contribution is -2.08. The topological polar surface area (TPSA) is 55.0 Å². The SMILES string of the molecule is CC(N)c1c(F)cccc1Sc1nnc(N(C)C)s1. The van der Waals surface area contributed by atoms with Crippen molar-refractivity contribution < 1.29 is 4.39 Å². The molecule has 2 aromatic rings. The molecule has 0 aliphatic carbocycles. The summed E-state index contributed by atoms with van der Waals surface area (Å²) in [6, 6.07) is 4.60. The van der Waals surface area contributed by atoms with E-state index in [0.29, 0.717) is 5.56 Å². The normalized spacial score (nSPS) is 12.5. The van der Waals surface area contributed by atoms with Crippen molar-refractivity contribution in [1.82, 2.24) is 10.2 Å². The van der Waals surface area contributed by atoms with Gasteiger partial charge >= 0.3 is 0 Å². The van der Waals surface area contributed by atoms with E-state index in [2.05, 4.69) is 10.2 Å². The van der Waals surface area contributed by atoms with Gasteiger partial charge in [0.2, 0.25) is 5.13 Å². The van der Waals surface area contributed by atoms with Gasteiger partial charge in [-0.15, -0.1) is 10.2 Å². The molecule has 19 heavy (non-hydrogen) atoms. The van der Waals surface area contributed by atoms with Crippen LogP contribution in [0.25, 0.3) is 0 Å². The van der Waals surface area contributed by atoms with Crippen molar-refractivity contribution >= 4 is 28.2 Å². The number of hydrogen-bond acceptors (Lipinski definition) is 6. The number of aromatic nitrogens is 2. The Kier molecular flexibility index (Phi) is 4.38. The Balaban J connectivity index is 2.30. The average molecular weight is 298 g/mol. The lowest BCUT2D eigenvalue weighted by molar-refractivity contribution is 0.585. The van der Waals surface area contributed by atoms with E-state index in [4.69, 9.17) is 5.73 Å². The Morgan fingerprint density at radius 3 is 2.68 bits per heavy atom. The van der Waals surface area contributed by atoms with Crippen molar-refractivity contribution in [2.75, 3.05) is 19.0 Å².